The SMILES string of the molecule is CC(C)c1nnc(SCC(=O)O)n1C1CCCCCC1. The number of rotatable bonds is 5. The highest BCUT2D eigenvalue weighted by atomic mass is 32.2. The average Bonchev–Trinajstić information content (AvgIpc) is 2.63. The highest BCUT2D eigenvalue weighted by molar-refractivity contribution is 7.99. The minimum atomic E-state index is -0.809. The molecule has 1 fully saturated rings. The zero-order valence-corrected chi connectivity index (χ0v) is 13.0. The second-order valence-corrected chi connectivity index (χ2v) is 6.64. The second kappa shape index (κ2) is 7.11. The van der Waals surface area contributed by atoms with Crippen molar-refractivity contribution in [3.8, 4) is 0 Å². The predicted octanol–water partition coefficient (Wildman–Crippen LogP) is 3.47. The van der Waals surface area contributed by atoms with Gasteiger partial charge in [-0.15, -0.1) is 10.2 Å². The van der Waals surface area contributed by atoms with Crippen molar-refractivity contribution in [1.82, 2.24) is 14.8 Å². The topological polar surface area (TPSA) is 68.0 Å². The zero-order chi connectivity index (χ0) is 14.5. The van der Waals surface area contributed by atoms with Crippen molar-refractivity contribution in [2.45, 2.75) is 69.5 Å². The number of hydrogen-bond acceptors (Lipinski definition) is 4. The van der Waals surface area contributed by atoms with E-state index in [0.717, 1.165) is 23.8 Å². The van der Waals surface area contributed by atoms with Gasteiger partial charge in [0.05, 0.1) is 5.75 Å². The lowest BCUT2D eigenvalue weighted by Crippen LogP contribution is -2.14. The molecule has 0 radical (unpaired) electrons. The maximum Gasteiger partial charge on any atom is 0.313 e. The Kier molecular flexibility index (Phi) is 5.46. The van der Waals surface area contributed by atoms with Gasteiger partial charge in [0, 0.05) is 12.0 Å². The Hall–Kier alpha value is -1.04. The first-order valence-corrected chi connectivity index (χ1v) is 8.37. The number of carbonyl (C=O) groups is 1. The molecule has 0 spiro atoms. The molecular weight excluding hydrogens is 274 g/mol. The van der Waals surface area contributed by atoms with Crippen LogP contribution in [-0.2, 0) is 4.79 Å². The monoisotopic (exact) mass is 297 g/mol. The lowest BCUT2D eigenvalue weighted by atomic mass is 10.1. The standard InChI is InChI=1S/C14H23N3O2S/c1-10(2)13-15-16-14(20-9-12(18)19)17(13)11-7-5-3-4-6-8-11/h10-11H,3-9H2,1-2H3,(H,18,19). The number of aromatic nitrogens is 3. The van der Waals surface area contributed by atoms with Crippen LogP contribution in [-0.4, -0.2) is 31.6 Å². The van der Waals surface area contributed by atoms with Crippen LogP contribution in [0.15, 0.2) is 5.16 Å². The molecule has 1 N–H and O–H groups in total. The first kappa shape index (κ1) is 15.4. The summed E-state index contributed by atoms with van der Waals surface area (Å²) in [6, 6.07) is 0.432. The minimum absolute atomic E-state index is 0.0446. The minimum Gasteiger partial charge on any atom is -0.481 e. The Morgan fingerprint density at radius 1 is 1.30 bits per heavy atom. The summed E-state index contributed by atoms with van der Waals surface area (Å²) in [5.74, 6) is 0.536. The molecule has 6 heteroatoms. The van der Waals surface area contributed by atoms with Crippen molar-refractivity contribution in [3.63, 3.8) is 0 Å². The largest absolute Gasteiger partial charge is 0.481 e. The normalized spacial score (nSPS) is 17.4. The lowest BCUT2D eigenvalue weighted by Gasteiger charge is -2.21. The van der Waals surface area contributed by atoms with Gasteiger partial charge in [0.1, 0.15) is 5.82 Å². The van der Waals surface area contributed by atoms with E-state index in [1.165, 1.54) is 37.4 Å². The molecule has 1 aromatic heterocycles. The van der Waals surface area contributed by atoms with E-state index in [4.69, 9.17) is 5.11 Å². The van der Waals surface area contributed by atoms with Gasteiger partial charge in [0.2, 0.25) is 0 Å². The Bertz CT molecular complexity index is 451. The van der Waals surface area contributed by atoms with Crippen LogP contribution in [0.3, 0.4) is 0 Å². The van der Waals surface area contributed by atoms with Gasteiger partial charge in [-0.2, -0.15) is 0 Å². The Labute approximate surface area is 124 Å². The first-order chi connectivity index (χ1) is 9.59. The van der Waals surface area contributed by atoms with E-state index < -0.39 is 5.97 Å². The second-order valence-electron chi connectivity index (χ2n) is 5.69. The molecule has 0 atom stereocenters. The fourth-order valence-corrected chi connectivity index (χ4v) is 3.50. The van der Waals surface area contributed by atoms with Crippen LogP contribution in [0, 0.1) is 0 Å². The van der Waals surface area contributed by atoms with Gasteiger partial charge in [-0.25, -0.2) is 0 Å². The molecule has 1 aromatic rings. The maximum absolute atomic E-state index is 10.8. The number of hydrogen-bond donors (Lipinski definition) is 1. The summed E-state index contributed by atoms with van der Waals surface area (Å²) in [6.45, 7) is 4.23. The van der Waals surface area contributed by atoms with E-state index >= 15 is 0 Å². The molecule has 1 saturated carbocycles. The fourth-order valence-electron chi connectivity index (χ4n) is 2.77. The Morgan fingerprint density at radius 2 is 1.95 bits per heavy atom. The molecule has 0 aromatic carbocycles. The number of nitrogens with zero attached hydrogens (tertiary/aromatic N) is 3. The van der Waals surface area contributed by atoms with E-state index in [2.05, 4.69) is 28.6 Å². The summed E-state index contributed by atoms with van der Waals surface area (Å²) < 4.78 is 2.21. The van der Waals surface area contributed by atoms with Gasteiger partial charge in [-0.1, -0.05) is 51.3 Å². The van der Waals surface area contributed by atoms with Crippen molar-refractivity contribution < 1.29 is 9.90 Å². The Morgan fingerprint density at radius 3 is 2.50 bits per heavy atom. The third-order valence-corrected chi connectivity index (χ3v) is 4.65. The van der Waals surface area contributed by atoms with Gasteiger partial charge in [-0.3, -0.25) is 4.79 Å². The van der Waals surface area contributed by atoms with Gasteiger partial charge >= 0.3 is 5.97 Å². The lowest BCUT2D eigenvalue weighted by molar-refractivity contribution is -0.133. The molecule has 0 unspecified atom stereocenters. The maximum atomic E-state index is 10.8. The number of carboxylic acids is 1. The van der Waals surface area contributed by atoms with Crippen molar-refractivity contribution in [2.24, 2.45) is 0 Å². The summed E-state index contributed by atoms with van der Waals surface area (Å²) in [5.41, 5.74) is 0. The number of aliphatic carboxylic acids is 1. The van der Waals surface area contributed by atoms with Crippen molar-refractivity contribution in [3.05, 3.63) is 5.82 Å². The summed E-state index contributed by atoms with van der Waals surface area (Å²) >= 11 is 1.28. The van der Waals surface area contributed by atoms with Gasteiger partial charge < -0.3 is 9.67 Å². The van der Waals surface area contributed by atoms with Gasteiger partial charge in [-0.05, 0) is 12.8 Å². The van der Waals surface area contributed by atoms with Crippen molar-refractivity contribution in [2.75, 3.05) is 5.75 Å². The van der Waals surface area contributed by atoms with Crippen LogP contribution in [0.2, 0.25) is 0 Å². The highest BCUT2D eigenvalue weighted by Crippen LogP contribution is 2.33. The summed E-state index contributed by atoms with van der Waals surface area (Å²) in [6.07, 6.45) is 7.38. The predicted molar refractivity (Wildman–Crippen MR) is 79.2 cm³/mol. The molecule has 1 aliphatic rings. The molecule has 0 amide bonds. The third-order valence-electron chi connectivity index (χ3n) is 3.72. The van der Waals surface area contributed by atoms with Crippen LogP contribution in [0.25, 0.3) is 0 Å². The smallest absolute Gasteiger partial charge is 0.313 e. The number of carboxylic acid groups (broad SMARTS) is 1. The van der Waals surface area contributed by atoms with Crippen molar-refractivity contribution in [1.29, 1.82) is 0 Å². The van der Waals surface area contributed by atoms with Gasteiger partial charge in [0.25, 0.3) is 0 Å². The third kappa shape index (κ3) is 3.75. The van der Waals surface area contributed by atoms with E-state index in [0.29, 0.717) is 12.0 Å². The van der Waals surface area contributed by atoms with Crippen molar-refractivity contribution >= 4 is 17.7 Å². The summed E-state index contributed by atoms with van der Waals surface area (Å²) in [4.78, 5) is 10.8. The fraction of sp³-hybridized carbons (Fsp3) is 0.786. The average molecular weight is 297 g/mol. The van der Waals surface area contributed by atoms with E-state index in [1.807, 2.05) is 0 Å². The van der Waals surface area contributed by atoms with Crippen LogP contribution < -0.4 is 0 Å². The molecule has 1 heterocycles. The van der Waals surface area contributed by atoms with Crippen LogP contribution >= 0.6 is 11.8 Å². The first-order valence-electron chi connectivity index (χ1n) is 7.39. The van der Waals surface area contributed by atoms with Gasteiger partial charge in [0.15, 0.2) is 5.16 Å². The highest BCUT2D eigenvalue weighted by Gasteiger charge is 2.23. The zero-order valence-electron chi connectivity index (χ0n) is 12.2. The molecular formula is C14H23N3O2S. The number of thioether (sulfide) groups is 1. The van der Waals surface area contributed by atoms with Crippen LogP contribution in [0.1, 0.15) is 70.2 Å². The van der Waals surface area contributed by atoms with Crippen LogP contribution in [0.4, 0.5) is 0 Å². The molecule has 112 valence electrons. The Balaban J connectivity index is 2.25. The molecule has 20 heavy (non-hydrogen) atoms. The molecule has 5 nitrogen and oxygen atoms in total. The van der Waals surface area contributed by atoms with Crippen LogP contribution in [0.5, 0.6) is 0 Å². The molecule has 2 rings (SSSR count). The molecule has 1 aliphatic carbocycles. The quantitative estimate of drug-likeness (QED) is 0.665. The molecule has 0 bridgehead atoms. The molecule has 0 aliphatic heterocycles. The molecule has 0 saturated heterocycles. The summed E-state index contributed by atoms with van der Waals surface area (Å²) in [7, 11) is 0. The summed E-state index contributed by atoms with van der Waals surface area (Å²) in [5, 5.41) is 18.2. The van der Waals surface area contributed by atoms with E-state index in [9.17, 15) is 4.79 Å². The van der Waals surface area contributed by atoms with E-state index in [-0.39, 0.29) is 5.75 Å². The van der Waals surface area contributed by atoms with E-state index in [1.54, 1.807) is 0 Å².